The van der Waals surface area contributed by atoms with E-state index in [1.54, 1.807) is 18.0 Å². The molecule has 0 bridgehead atoms. The van der Waals surface area contributed by atoms with E-state index in [0.717, 1.165) is 30.1 Å². The number of benzene rings is 2. The van der Waals surface area contributed by atoms with E-state index < -0.39 is 0 Å². The molecule has 2 aromatic carbocycles. The van der Waals surface area contributed by atoms with Crippen molar-refractivity contribution in [1.29, 1.82) is 0 Å². The zero-order valence-electron chi connectivity index (χ0n) is 16.5. The first-order valence-electron chi connectivity index (χ1n) is 9.89. The lowest BCUT2D eigenvalue weighted by molar-refractivity contribution is 0.0932. The zero-order chi connectivity index (χ0) is 20.1. The fourth-order valence-corrected chi connectivity index (χ4v) is 3.79. The van der Waals surface area contributed by atoms with Crippen LogP contribution in [-0.2, 0) is 0 Å². The van der Waals surface area contributed by atoms with Crippen LogP contribution in [0.1, 0.15) is 34.9 Å². The van der Waals surface area contributed by atoms with Crippen molar-refractivity contribution < 1.29 is 9.53 Å². The van der Waals surface area contributed by atoms with Gasteiger partial charge in [-0.3, -0.25) is 9.69 Å². The molecule has 29 heavy (non-hydrogen) atoms. The molecule has 1 amide bonds. The molecule has 1 atom stereocenters. The lowest BCUT2D eigenvalue weighted by Gasteiger charge is -2.29. The van der Waals surface area contributed by atoms with Crippen molar-refractivity contribution in [3.63, 3.8) is 0 Å². The van der Waals surface area contributed by atoms with Crippen molar-refractivity contribution >= 4 is 5.91 Å². The predicted octanol–water partition coefficient (Wildman–Crippen LogP) is 2.84. The van der Waals surface area contributed by atoms with Crippen LogP contribution in [0.2, 0.25) is 0 Å². The van der Waals surface area contributed by atoms with Crippen LogP contribution in [0.25, 0.3) is 5.69 Å². The molecule has 1 fully saturated rings. The Bertz CT molecular complexity index is 951. The van der Waals surface area contributed by atoms with Crippen LogP contribution < -0.4 is 10.1 Å². The molecule has 3 aromatic rings. The van der Waals surface area contributed by atoms with E-state index in [0.29, 0.717) is 12.2 Å². The lowest BCUT2D eigenvalue weighted by atomic mass is 10.0. The largest absolute Gasteiger partial charge is 0.496 e. The molecule has 7 heteroatoms. The molecule has 1 unspecified atom stereocenters. The van der Waals surface area contributed by atoms with Crippen LogP contribution in [-0.4, -0.2) is 52.5 Å². The van der Waals surface area contributed by atoms with E-state index in [4.69, 9.17) is 4.74 Å². The summed E-state index contributed by atoms with van der Waals surface area (Å²) in [7, 11) is 1.68. The number of hydrogen-bond donors (Lipinski definition) is 1. The Balaban J connectivity index is 1.49. The van der Waals surface area contributed by atoms with Crippen LogP contribution in [0.5, 0.6) is 5.75 Å². The van der Waals surface area contributed by atoms with Gasteiger partial charge in [-0.05, 0) is 44.1 Å². The number of carbonyl (C=O) groups excluding carboxylic acids is 1. The molecule has 1 aliphatic rings. The summed E-state index contributed by atoms with van der Waals surface area (Å²) in [5.74, 6) is 0.611. The van der Waals surface area contributed by atoms with Crippen LogP contribution in [0, 0.1) is 0 Å². The second-order valence-electron chi connectivity index (χ2n) is 7.09. The summed E-state index contributed by atoms with van der Waals surface area (Å²) in [6.07, 6.45) is 3.99. The molecule has 0 spiro atoms. The monoisotopic (exact) mass is 391 g/mol. The van der Waals surface area contributed by atoms with Gasteiger partial charge in [0, 0.05) is 12.1 Å². The first kappa shape index (κ1) is 19.1. The standard InChI is InChI=1S/C22H25N5O2/c1-29-21-12-6-5-11-18(21)20(26-13-7-8-14-26)15-23-22(28)19-16-27(25-24-19)17-9-3-2-4-10-17/h2-6,9-12,16,20H,7-8,13-15H2,1H3,(H,23,28). The normalized spacial score (nSPS) is 15.2. The molecule has 0 aliphatic carbocycles. The van der Waals surface area contributed by atoms with Crippen molar-refractivity contribution in [2.75, 3.05) is 26.7 Å². The van der Waals surface area contributed by atoms with Gasteiger partial charge in [-0.1, -0.05) is 41.6 Å². The van der Waals surface area contributed by atoms with Gasteiger partial charge in [-0.25, -0.2) is 4.68 Å². The number of methoxy groups -OCH3 is 1. The number of nitrogens with one attached hydrogen (secondary N) is 1. The average molecular weight is 391 g/mol. The van der Waals surface area contributed by atoms with Gasteiger partial charge in [-0.2, -0.15) is 0 Å². The topological polar surface area (TPSA) is 72.3 Å². The van der Waals surface area contributed by atoms with Gasteiger partial charge < -0.3 is 10.1 Å². The number of likely N-dealkylation sites (tertiary alicyclic amines) is 1. The highest BCUT2D eigenvalue weighted by molar-refractivity contribution is 5.91. The molecule has 1 N–H and O–H groups in total. The number of hydrogen-bond acceptors (Lipinski definition) is 5. The van der Waals surface area contributed by atoms with Gasteiger partial charge in [0.2, 0.25) is 0 Å². The summed E-state index contributed by atoms with van der Waals surface area (Å²) in [6, 6.07) is 17.7. The first-order valence-corrected chi connectivity index (χ1v) is 9.89. The van der Waals surface area contributed by atoms with E-state index in [-0.39, 0.29) is 11.9 Å². The van der Waals surface area contributed by atoms with Gasteiger partial charge in [0.1, 0.15) is 5.75 Å². The fourth-order valence-electron chi connectivity index (χ4n) is 3.79. The Morgan fingerprint density at radius 3 is 2.59 bits per heavy atom. The molecule has 1 aliphatic heterocycles. The number of carbonyl (C=O) groups is 1. The first-order chi connectivity index (χ1) is 14.3. The van der Waals surface area contributed by atoms with E-state index >= 15 is 0 Å². The van der Waals surface area contributed by atoms with Crippen molar-refractivity contribution in [3.05, 3.63) is 72.1 Å². The third kappa shape index (κ3) is 4.30. The molecule has 0 radical (unpaired) electrons. The second kappa shape index (κ2) is 8.87. The van der Waals surface area contributed by atoms with Crippen molar-refractivity contribution in [2.45, 2.75) is 18.9 Å². The minimum absolute atomic E-state index is 0.0572. The van der Waals surface area contributed by atoms with Crippen LogP contribution in [0.3, 0.4) is 0 Å². The number of ether oxygens (including phenoxy) is 1. The quantitative estimate of drug-likeness (QED) is 0.671. The van der Waals surface area contributed by atoms with Crippen molar-refractivity contribution in [2.24, 2.45) is 0 Å². The number of rotatable bonds is 7. The molecule has 1 saturated heterocycles. The maximum absolute atomic E-state index is 12.7. The Labute approximate surface area is 170 Å². The third-order valence-electron chi connectivity index (χ3n) is 5.28. The minimum atomic E-state index is -0.230. The van der Waals surface area contributed by atoms with Crippen LogP contribution in [0.4, 0.5) is 0 Å². The average Bonchev–Trinajstić information content (AvgIpc) is 3.47. The summed E-state index contributed by atoms with van der Waals surface area (Å²) in [5, 5.41) is 11.1. The molecule has 0 saturated carbocycles. The molecule has 1 aromatic heterocycles. The SMILES string of the molecule is COc1ccccc1C(CNC(=O)c1cn(-c2ccccc2)nn1)N1CCCC1. The Morgan fingerprint density at radius 2 is 1.83 bits per heavy atom. The second-order valence-corrected chi connectivity index (χ2v) is 7.09. The maximum Gasteiger partial charge on any atom is 0.273 e. The van der Waals surface area contributed by atoms with Crippen LogP contribution in [0.15, 0.2) is 60.8 Å². The highest BCUT2D eigenvalue weighted by Crippen LogP contribution is 2.31. The Kier molecular flexibility index (Phi) is 5.86. The van der Waals surface area contributed by atoms with Crippen LogP contribution >= 0.6 is 0 Å². The van der Waals surface area contributed by atoms with Gasteiger partial charge in [0.25, 0.3) is 5.91 Å². The van der Waals surface area contributed by atoms with Gasteiger partial charge >= 0.3 is 0 Å². The Morgan fingerprint density at radius 1 is 1.10 bits per heavy atom. The molecular weight excluding hydrogens is 366 g/mol. The minimum Gasteiger partial charge on any atom is -0.496 e. The molecule has 2 heterocycles. The highest BCUT2D eigenvalue weighted by Gasteiger charge is 2.26. The number of nitrogens with zero attached hydrogens (tertiary/aromatic N) is 4. The summed E-state index contributed by atoms with van der Waals surface area (Å²) < 4.78 is 7.17. The van der Waals surface area contributed by atoms with E-state index in [2.05, 4.69) is 26.6 Å². The van der Waals surface area contributed by atoms with Crippen molar-refractivity contribution in [3.8, 4) is 11.4 Å². The number of aromatic nitrogens is 3. The Hall–Kier alpha value is -3.19. The molecular formula is C22H25N5O2. The maximum atomic E-state index is 12.7. The lowest BCUT2D eigenvalue weighted by Crippen LogP contribution is -2.37. The summed E-state index contributed by atoms with van der Waals surface area (Å²) in [6.45, 7) is 2.52. The molecule has 7 nitrogen and oxygen atoms in total. The highest BCUT2D eigenvalue weighted by atomic mass is 16.5. The number of para-hydroxylation sites is 2. The van der Waals surface area contributed by atoms with E-state index in [1.807, 2.05) is 48.5 Å². The molecule has 150 valence electrons. The fraction of sp³-hybridized carbons (Fsp3) is 0.318. The molecule has 4 rings (SSSR count). The van der Waals surface area contributed by atoms with Gasteiger partial charge in [0.15, 0.2) is 5.69 Å². The predicted molar refractivity (Wildman–Crippen MR) is 110 cm³/mol. The van der Waals surface area contributed by atoms with E-state index in [9.17, 15) is 4.79 Å². The summed E-state index contributed by atoms with van der Waals surface area (Å²) in [5.41, 5.74) is 2.25. The third-order valence-corrected chi connectivity index (χ3v) is 5.28. The van der Waals surface area contributed by atoms with Gasteiger partial charge in [-0.15, -0.1) is 5.10 Å². The summed E-state index contributed by atoms with van der Waals surface area (Å²) in [4.78, 5) is 15.1. The van der Waals surface area contributed by atoms with Gasteiger partial charge in [0.05, 0.1) is 25.0 Å². The smallest absolute Gasteiger partial charge is 0.273 e. The number of amides is 1. The van der Waals surface area contributed by atoms with E-state index in [1.165, 1.54) is 12.8 Å². The summed E-state index contributed by atoms with van der Waals surface area (Å²) >= 11 is 0. The van der Waals surface area contributed by atoms with Crippen molar-refractivity contribution in [1.82, 2.24) is 25.2 Å². The zero-order valence-corrected chi connectivity index (χ0v) is 16.5.